The van der Waals surface area contributed by atoms with E-state index in [1.54, 1.807) is 0 Å². The normalized spacial score (nSPS) is 22.7. The van der Waals surface area contributed by atoms with Crippen molar-refractivity contribution in [3.05, 3.63) is 24.3 Å². The van der Waals surface area contributed by atoms with Crippen LogP contribution in [-0.2, 0) is 0 Å². The third-order valence-electron chi connectivity index (χ3n) is 4.40. The van der Waals surface area contributed by atoms with Crippen molar-refractivity contribution in [3.63, 3.8) is 0 Å². The number of hydrogen-bond acceptors (Lipinski definition) is 3. The van der Waals surface area contributed by atoms with E-state index in [1.807, 2.05) is 0 Å². The van der Waals surface area contributed by atoms with E-state index in [9.17, 15) is 0 Å². The molecule has 118 valence electrons. The fourth-order valence-corrected chi connectivity index (χ4v) is 3.22. The highest BCUT2D eigenvalue weighted by molar-refractivity contribution is 5.59. The maximum Gasteiger partial charge on any atom is 0.0412 e. The van der Waals surface area contributed by atoms with Crippen LogP contribution >= 0.6 is 0 Å². The van der Waals surface area contributed by atoms with Gasteiger partial charge < -0.3 is 15.1 Å². The Hall–Kier alpha value is -1.22. The lowest BCUT2D eigenvalue weighted by molar-refractivity contribution is 0.343. The third-order valence-corrected chi connectivity index (χ3v) is 4.40. The Kier molecular flexibility index (Phi) is 5.51. The van der Waals surface area contributed by atoms with Gasteiger partial charge in [0.05, 0.1) is 0 Å². The molecule has 2 atom stereocenters. The number of nitrogens with one attached hydrogen (secondary N) is 1. The zero-order chi connectivity index (χ0) is 15.4. The molecule has 0 radical (unpaired) electrons. The van der Waals surface area contributed by atoms with Crippen LogP contribution in [-0.4, -0.2) is 39.3 Å². The highest BCUT2D eigenvalue weighted by Gasteiger charge is 2.27. The molecule has 2 unspecified atom stereocenters. The van der Waals surface area contributed by atoms with E-state index in [1.165, 1.54) is 24.2 Å². The summed E-state index contributed by atoms with van der Waals surface area (Å²) in [6.07, 6.45) is 2.44. The van der Waals surface area contributed by atoms with Crippen LogP contribution < -0.4 is 15.1 Å². The fraction of sp³-hybridized carbons (Fsp3) is 0.667. The Balaban J connectivity index is 2.18. The minimum atomic E-state index is 0.603. The summed E-state index contributed by atoms with van der Waals surface area (Å²) in [6, 6.07) is 10.1. The first-order valence-electron chi connectivity index (χ1n) is 8.28. The first-order chi connectivity index (χ1) is 10.0. The van der Waals surface area contributed by atoms with Crippen molar-refractivity contribution in [3.8, 4) is 0 Å². The molecule has 3 nitrogen and oxygen atoms in total. The predicted molar refractivity (Wildman–Crippen MR) is 93.4 cm³/mol. The first kappa shape index (κ1) is 16.2. The zero-order valence-electron chi connectivity index (χ0n) is 14.3. The maximum atomic E-state index is 3.74. The summed E-state index contributed by atoms with van der Waals surface area (Å²) in [5, 5.41) is 3.74. The van der Waals surface area contributed by atoms with Gasteiger partial charge in [-0.2, -0.15) is 0 Å². The second kappa shape index (κ2) is 7.17. The first-order valence-corrected chi connectivity index (χ1v) is 8.28. The molecule has 0 aliphatic carbocycles. The van der Waals surface area contributed by atoms with Crippen molar-refractivity contribution >= 4 is 11.4 Å². The molecule has 1 heterocycles. The Bertz CT molecular complexity index is 442. The van der Waals surface area contributed by atoms with E-state index < -0.39 is 0 Å². The Morgan fingerprint density at radius 2 is 2.10 bits per heavy atom. The second-order valence-corrected chi connectivity index (χ2v) is 6.86. The van der Waals surface area contributed by atoms with Crippen LogP contribution in [0.2, 0.25) is 0 Å². The van der Waals surface area contributed by atoms with Gasteiger partial charge in [0, 0.05) is 50.6 Å². The summed E-state index contributed by atoms with van der Waals surface area (Å²) in [5.74, 6) is 0.746. The highest BCUT2D eigenvalue weighted by atomic mass is 15.2. The van der Waals surface area contributed by atoms with Gasteiger partial charge in [-0.1, -0.05) is 26.8 Å². The molecule has 1 fully saturated rings. The van der Waals surface area contributed by atoms with Gasteiger partial charge in [0.1, 0.15) is 0 Å². The number of hydrogen-bond donors (Lipinski definition) is 1. The van der Waals surface area contributed by atoms with Gasteiger partial charge in [0.15, 0.2) is 0 Å². The van der Waals surface area contributed by atoms with E-state index in [4.69, 9.17) is 0 Å². The van der Waals surface area contributed by atoms with Crippen molar-refractivity contribution in [2.75, 3.05) is 37.0 Å². The number of piperazine rings is 1. The number of rotatable bonds is 5. The summed E-state index contributed by atoms with van der Waals surface area (Å²) in [4.78, 5) is 4.79. The summed E-state index contributed by atoms with van der Waals surface area (Å²) >= 11 is 0. The Labute approximate surface area is 130 Å². The van der Waals surface area contributed by atoms with Gasteiger partial charge in [-0.05, 0) is 37.0 Å². The van der Waals surface area contributed by atoms with Crippen molar-refractivity contribution in [1.29, 1.82) is 0 Å². The van der Waals surface area contributed by atoms with Crippen molar-refractivity contribution in [1.82, 2.24) is 5.32 Å². The van der Waals surface area contributed by atoms with Crippen LogP contribution in [0.15, 0.2) is 24.3 Å². The molecule has 1 N–H and O–H groups in total. The molecule has 0 amide bonds. The standard InChI is InChI=1S/C18H31N3/c1-6-16-12-19-15(10-14(2)3)13-21(16)18-9-7-8-17(11-18)20(4)5/h7-9,11,14-16,19H,6,10,12-13H2,1-5H3. The SMILES string of the molecule is CCC1CNC(CC(C)C)CN1c1cccc(N(C)C)c1. The summed E-state index contributed by atoms with van der Waals surface area (Å²) < 4.78 is 0. The Morgan fingerprint density at radius 3 is 2.71 bits per heavy atom. The molecule has 1 aromatic carbocycles. The van der Waals surface area contributed by atoms with Crippen molar-refractivity contribution in [2.45, 2.75) is 45.7 Å². The van der Waals surface area contributed by atoms with E-state index in [0.717, 1.165) is 19.0 Å². The van der Waals surface area contributed by atoms with Crippen LogP contribution in [0.1, 0.15) is 33.6 Å². The molecule has 0 bridgehead atoms. The van der Waals surface area contributed by atoms with E-state index in [-0.39, 0.29) is 0 Å². The zero-order valence-corrected chi connectivity index (χ0v) is 14.3. The lowest BCUT2D eigenvalue weighted by Gasteiger charge is -2.42. The second-order valence-electron chi connectivity index (χ2n) is 6.86. The molecule has 1 saturated heterocycles. The molecule has 2 rings (SSSR count). The molecule has 21 heavy (non-hydrogen) atoms. The van der Waals surface area contributed by atoms with Crippen LogP contribution in [0.5, 0.6) is 0 Å². The molecular weight excluding hydrogens is 258 g/mol. The van der Waals surface area contributed by atoms with Crippen LogP contribution in [0, 0.1) is 5.92 Å². The summed E-state index contributed by atoms with van der Waals surface area (Å²) in [7, 11) is 4.21. The number of nitrogens with zero attached hydrogens (tertiary/aromatic N) is 2. The average Bonchev–Trinajstić information content (AvgIpc) is 2.46. The van der Waals surface area contributed by atoms with Gasteiger partial charge in [0.25, 0.3) is 0 Å². The predicted octanol–water partition coefficient (Wildman–Crippen LogP) is 3.36. The lowest BCUT2D eigenvalue weighted by Crippen LogP contribution is -2.56. The topological polar surface area (TPSA) is 18.5 Å². The molecule has 0 spiro atoms. The molecule has 0 aromatic heterocycles. The minimum absolute atomic E-state index is 0.603. The number of anilines is 2. The molecule has 0 saturated carbocycles. The van der Waals surface area contributed by atoms with Gasteiger partial charge >= 0.3 is 0 Å². The van der Waals surface area contributed by atoms with Gasteiger partial charge in [-0.15, -0.1) is 0 Å². The van der Waals surface area contributed by atoms with Gasteiger partial charge in [-0.25, -0.2) is 0 Å². The molecule has 1 aliphatic heterocycles. The quantitative estimate of drug-likeness (QED) is 0.897. The lowest BCUT2D eigenvalue weighted by atomic mass is 9.98. The van der Waals surface area contributed by atoms with Crippen molar-refractivity contribution < 1.29 is 0 Å². The molecule has 3 heteroatoms. The molecule has 1 aliphatic rings. The van der Waals surface area contributed by atoms with Gasteiger partial charge in [-0.3, -0.25) is 0 Å². The largest absolute Gasteiger partial charge is 0.378 e. The molecular formula is C18H31N3. The van der Waals surface area contributed by atoms with Crippen LogP contribution in [0.3, 0.4) is 0 Å². The minimum Gasteiger partial charge on any atom is -0.378 e. The monoisotopic (exact) mass is 289 g/mol. The summed E-state index contributed by atoms with van der Waals surface area (Å²) in [6.45, 7) is 9.13. The maximum absolute atomic E-state index is 3.74. The smallest absolute Gasteiger partial charge is 0.0412 e. The van der Waals surface area contributed by atoms with E-state index >= 15 is 0 Å². The van der Waals surface area contributed by atoms with E-state index in [2.05, 4.69) is 74.2 Å². The fourth-order valence-electron chi connectivity index (χ4n) is 3.22. The third kappa shape index (κ3) is 4.13. The van der Waals surface area contributed by atoms with Crippen LogP contribution in [0.4, 0.5) is 11.4 Å². The Morgan fingerprint density at radius 1 is 1.33 bits per heavy atom. The van der Waals surface area contributed by atoms with E-state index in [0.29, 0.717) is 12.1 Å². The van der Waals surface area contributed by atoms with Gasteiger partial charge in [0.2, 0.25) is 0 Å². The summed E-state index contributed by atoms with van der Waals surface area (Å²) in [5.41, 5.74) is 2.64. The van der Waals surface area contributed by atoms with Crippen molar-refractivity contribution in [2.24, 2.45) is 5.92 Å². The average molecular weight is 289 g/mol. The van der Waals surface area contributed by atoms with Crippen LogP contribution in [0.25, 0.3) is 0 Å². The molecule has 1 aromatic rings. The number of benzene rings is 1. The highest BCUT2D eigenvalue weighted by Crippen LogP contribution is 2.26.